The first-order valence-corrected chi connectivity index (χ1v) is 12.6. The average Bonchev–Trinajstić information content (AvgIpc) is 3.46. The van der Waals surface area contributed by atoms with Crippen LogP contribution in [0, 0.1) is 0 Å². The number of nitrogens with zero attached hydrogens (tertiary/aromatic N) is 3. The monoisotopic (exact) mass is 511 g/mol. The maximum atomic E-state index is 13.4. The Labute approximate surface area is 212 Å². The molecule has 0 bridgehead atoms. The molecule has 4 atom stereocenters. The third-order valence-corrected chi connectivity index (χ3v) is 8.35. The zero-order chi connectivity index (χ0) is 26.1. The van der Waals surface area contributed by atoms with E-state index in [9.17, 15) is 24.6 Å². The SMILES string of the molecule is NC1=N[C@H]2[C@H](CN3C(=O)CCC3=O)NC(N)=[N+]3CC(NC(=O)c4cccc5c4CCCC5)C(O)(O)[C@]23N1. The van der Waals surface area contributed by atoms with E-state index in [0.717, 1.165) is 41.7 Å². The standard InChI is InChI=1S/C24H30N8O5/c25-21-29-19-15(10-31-17(33)8-9-18(31)34)27-22(26)32-11-16(24(36,37)23(19,32)30-21)28-20(35)14-7-3-5-12-4-1-2-6-13(12)14/h3,5,7,15-16,19,36-37H,1-2,4,6,8-11H2,(H6,25,26,27,28,29,30,35)/p+1/t15-,16?,19-,23-/m0/s1. The van der Waals surface area contributed by atoms with Crippen molar-refractivity contribution in [2.24, 2.45) is 16.5 Å². The van der Waals surface area contributed by atoms with Crippen LogP contribution in [-0.4, -0.2) is 92.0 Å². The molecule has 0 aromatic heterocycles. The van der Waals surface area contributed by atoms with Crippen molar-refractivity contribution < 1.29 is 29.2 Å². The van der Waals surface area contributed by atoms with Crippen LogP contribution in [0.5, 0.6) is 0 Å². The molecule has 5 aliphatic rings. The van der Waals surface area contributed by atoms with Gasteiger partial charge in [-0.3, -0.25) is 30.3 Å². The molecule has 2 saturated heterocycles. The molecular weight excluding hydrogens is 480 g/mol. The van der Waals surface area contributed by atoms with Gasteiger partial charge in [0, 0.05) is 18.4 Å². The van der Waals surface area contributed by atoms with Gasteiger partial charge in [0.15, 0.2) is 5.96 Å². The number of guanidine groups is 2. The number of carbonyl (C=O) groups excluding carboxylic acids is 3. The lowest BCUT2D eigenvalue weighted by Crippen LogP contribution is -2.79. The van der Waals surface area contributed by atoms with E-state index in [1.807, 2.05) is 12.1 Å². The van der Waals surface area contributed by atoms with Crippen molar-refractivity contribution in [3.63, 3.8) is 0 Å². The van der Waals surface area contributed by atoms with Crippen LogP contribution in [0.3, 0.4) is 0 Å². The smallest absolute Gasteiger partial charge is 0.346 e. The van der Waals surface area contributed by atoms with E-state index in [0.29, 0.717) is 5.56 Å². The van der Waals surface area contributed by atoms with E-state index in [1.165, 1.54) is 4.58 Å². The number of hydrogen-bond donors (Lipinski definition) is 7. The molecule has 13 heteroatoms. The second-order valence-electron chi connectivity index (χ2n) is 10.4. The highest BCUT2D eigenvalue weighted by molar-refractivity contribution is 6.02. The first-order chi connectivity index (χ1) is 17.6. The molecule has 196 valence electrons. The van der Waals surface area contributed by atoms with E-state index < -0.39 is 35.5 Å². The van der Waals surface area contributed by atoms with Crippen LogP contribution >= 0.6 is 0 Å². The van der Waals surface area contributed by atoms with Crippen molar-refractivity contribution in [1.82, 2.24) is 20.9 Å². The number of hydrogen-bond acceptors (Lipinski definition) is 10. The summed E-state index contributed by atoms with van der Waals surface area (Å²) in [7, 11) is 0. The minimum absolute atomic E-state index is 0.0484. The zero-order valence-electron chi connectivity index (χ0n) is 20.2. The van der Waals surface area contributed by atoms with E-state index in [2.05, 4.69) is 20.9 Å². The summed E-state index contributed by atoms with van der Waals surface area (Å²) in [5, 5.41) is 32.0. The summed E-state index contributed by atoms with van der Waals surface area (Å²) in [5.74, 6) is -3.58. The Bertz CT molecular complexity index is 1260. The Balaban J connectivity index is 1.32. The highest BCUT2D eigenvalue weighted by Gasteiger charge is 2.75. The van der Waals surface area contributed by atoms with Crippen molar-refractivity contribution in [3.05, 3.63) is 34.9 Å². The van der Waals surface area contributed by atoms with Crippen LogP contribution in [0.25, 0.3) is 0 Å². The lowest BCUT2D eigenvalue weighted by atomic mass is 9.84. The highest BCUT2D eigenvalue weighted by Crippen LogP contribution is 2.42. The first-order valence-electron chi connectivity index (χ1n) is 12.6. The van der Waals surface area contributed by atoms with Crippen LogP contribution in [0.4, 0.5) is 0 Å². The predicted molar refractivity (Wildman–Crippen MR) is 130 cm³/mol. The Morgan fingerprint density at radius 1 is 1.16 bits per heavy atom. The second-order valence-corrected chi connectivity index (χ2v) is 10.4. The molecule has 1 aromatic carbocycles. The van der Waals surface area contributed by atoms with Gasteiger partial charge in [-0.2, -0.15) is 0 Å². The van der Waals surface area contributed by atoms with Crippen LogP contribution in [0.2, 0.25) is 0 Å². The number of nitrogens with two attached hydrogens (primary N) is 2. The normalized spacial score (nSPS) is 31.8. The molecule has 4 heterocycles. The van der Waals surface area contributed by atoms with Crippen LogP contribution in [0.1, 0.15) is 47.2 Å². The van der Waals surface area contributed by atoms with Gasteiger partial charge < -0.3 is 26.6 Å². The molecule has 1 spiro atoms. The minimum Gasteiger partial charge on any atom is -0.370 e. The molecule has 13 nitrogen and oxygen atoms in total. The Kier molecular flexibility index (Phi) is 5.21. The van der Waals surface area contributed by atoms with Gasteiger partial charge in [-0.15, -0.1) is 0 Å². The number of benzene rings is 1. The van der Waals surface area contributed by atoms with Gasteiger partial charge >= 0.3 is 5.96 Å². The number of aliphatic imine (C=N–C) groups is 1. The number of imide groups is 1. The summed E-state index contributed by atoms with van der Waals surface area (Å²) < 4.78 is 1.50. The molecule has 9 N–H and O–H groups in total. The summed E-state index contributed by atoms with van der Waals surface area (Å²) in [6, 6.07) is 2.76. The molecule has 3 amide bonds. The number of aliphatic hydroxyl groups is 2. The minimum atomic E-state index is -2.57. The van der Waals surface area contributed by atoms with Gasteiger partial charge in [0.25, 0.3) is 5.91 Å². The summed E-state index contributed by atoms with van der Waals surface area (Å²) >= 11 is 0. The molecule has 0 saturated carbocycles. The Hall–Kier alpha value is -3.71. The number of nitrogens with one attached hydrogen (secondary N) is 3. The van der Waals surface area contributed by atoms with Crippen molar-refractivity contribution >= 4 is 29.6 Å². The van der Waals surface area contributed by atoms with Gasteiger partial charge in [0.1, 0.15) is 18.1 Å². The first kappa shape index (κ1) is 23.7. The summed E-state index contributed by atoms with van der Waals surface area (Å²) in [5.41, 5.74) is 13.3. The Morgan fingerprint density at radius 2 is 1.89 bits per heavy atom. The molecule has 2 fully saturated rings. The summed E-state index contributed by atoms with van der Waals surface area (Å²) in [6.45, 7) is -0.118. The topological polar surface area (TPSA) is 198 Å². The number of fused-ring (bicyclic) bond motifs is 1. The zero-order valence-corrected chi connectivity index (χ0v) is 20.2. The second kappa shape index (κ2) is 8.15. The maximum Gasteiger partial charge on any atom is 0.346 e. The molecule has 1 unspecified atom stereocenters. The molecule has 37 heavy (non-hydrogen) atoms. The largest absolute Gasteiger partial charge is 0.370 e. The fraction of sp³-hybridized carbons (Fsp3) is 0.542. The summed E-state index contributed by atoms with van der Waals surface area (Å²) in [4.78, 5) is 43.5. The number of rotatable bonds is 4. The van der Waals surface area contributed by atoms with Crippen LogP contribution in [0.15, 0.2) is 23.2 Å². The molecular formula is C24H31N8O5+. The molecule has 6 rings (SSSR count). The van der Waals surface area contributed by atoms with E-state index in [4.69, 9.17) is 11.5 Å². The van der Waals surface area contributed by atoms with E-state index >= 15 is 0 Å². The fourth-order valence-electron chi connectivity index (χ4n) is 6.56. The van der Waals surface area contributed by atoms with Crippen molar-refractivity contribution in [2.45, 2.75) is 68.1 Å². The predicted octanol–water partition coefficient (Wildman–Crippen LogP) is -3.21. The maximum absolute atomic E-state index is 13.4. The summed E-state index contributed by atoms with van der Waals surface area (Å²) in [6.07, 6.45) is 4.00. The Morgan fingerprint density at radius 3 is 2.65 bits per heavy atom. The van der Waals surface area contributed by atoms with Crippen molar-refractivity contribution in [3.8, 4) is 0 Å². The van der Waals surface area contributed by atoms with Crippen LogP contribution < -0.4 is 27.4 Å². The number of carbonyl (C=O) groups is 3. The van der Waals surface area contributed by atoms with Gasteiger partial charge in [-0.1, -0.05) is 12.1 Å². The number of amides is 3. The molecule has 1 aromatic rings. The van der Waals surface area contributed by atoms with Crippen molar-refractivity contribution in [2.75, 3.05) is 13.1 Å². The van der Waals surface area contributed by atoms with Gasteiger partial charge in [0.2, 0.25) is 23.3 Å². The fourth-order valence-corrected chi connectivity index (χ4v) is 6.56. The third kappa shape index (κ3) is 3.33. The van der Waals surface area contributed by atoms with Gasteiger partial charge in [-0.05, 0) is 42.9 Å². The lowest BCUT2D eigenvalue weighted by molar-refractivity contribution is -0.623. The van der Waals surface area contributed by atoms with Crippen LogP contribution in [-0.2, 0) is 22.4 Å². The quantitative estimate of drug-likeness (QED) is 0.124. The van der Waals surface area contributed by atoms with Crippen molar-refractivity contribution in [1.29, 1.82) is 0 Å². The van der Waals surface area contributed by atoms with Gasteiger partial charge in [-0.25, -0.2) is 9.57 Å². The third-order valence-electron chi connectivity index (χ3n) is 8.35. The van der Waals surface area contributed by atoms with E-state index in [-0.39, 0.29) is 49.7 Å². The molecule has 1 aliphatic carbocycles. The number of likely N-dealkylation sites (tertiary alicyclic amines) is 1. The molecule has 4 aliphatic heterocycles. The highest BCUT2D eigenvalue weighted by atomic mass is 16.5. The molecule has 0 radical (unpaired) electrons. The lowest BCUT2D eigenvalue weighted by Gasteiger charge is -2.44. The van der Waals surface area contributed by atoms with Gasteiger partial charge in [0.05, 0.1) is 13.1 Å². The number of aryl methyl sites for hydroxylation is 1. The van der Waals surface area contributed by atoms with E-state index in [1.54, 1.807) is 6.07 Å². The average molecular weight is 512 g/mol.